The molecule has 0 saturated heterocycles. The molecule has 0 aliphatic heterocycles. The fourth-order valence-electron chi connectivity index (χ4n) is 1.53. The van der Waals surface area contributed by atoms with Crippen LogP contribution in [0, 0.1) is 13.8 Å². The lowest BCUT2D eigenvalue weighted by Crippen LogP contribution is -2.21. The van der Waals surface area contributed by atoms with Crippen molar-refractivity contribution in [3.05, 3.63) is 47.5 Å². The zero-order valence-electron chi connectivity index (χ0n) is 11.4. The molecule has 1 aromatic rings. The maximum Gasteiger partial charge on any atom is 0.412 e. The highest BCUT2D eigenvalue weighted by atomic mass is 32.1. The van der Waals surface area contributed by atoms with Crippen molar-refractivity contribution in [2.24, 2.45) is 0 Å². The third-order valence-electron chi connectivity index (χ3n) is 2.56. The molecule has 1 N–H and O–H groups in total. The molecule has 5 heteroatoms. The first-order valence-corrected chi connectivity index (χ1v) is 6.62. The highest BCUT2D eigenvalue weighted by Crippen LogP contribution is 2.23. The highest BCUT2D eigenvalue weighted by Gasteiger charge is 2.15. The van der Waals surface area contributed by atoms with Gasteiger partial charge < -0.3 is 4.74 Å². The van der Waals surface area contributed by atoms with E-state index in [1.165, 1.54) is 11.5 Å². The number of hydrogen-bond acceptors (Lipinski definition) is 4. The molecule has 1 heterocycles. The second-order valence-electron chi connectivity index (χ2n) is 3.98. The minimum Gasteiger partial charge on any atom is -0.441 e. The Balaban J connectivity index is 2.68. The molecule has 1 aromatic heterocycles. The largest absolute Gasteiger partial charge is 0.441 e. The van der Waals surface area contributed by atoms with E-state index in [4.69, 9.17) is 4.74 Å². The van der Waals surface area contributed by atoms with Gasteiger partial charge in [0.2, 0.25) is 0 Å². The summed E-state index contributed by atoms with van der Waals surface area (Å²) in [7, 11) is 0. The molecule has 19 heavy (non-hydrogen) atoms. The monoisotopic (exact) mass is 278 g/mol. The lowest BCUT2D eigenvalue weighted by atomic mass is 10.1. The summed E-state index contributed by atoms with van der Waals surface area (Å²) in [6, 6.07) is 0. The van der Waals surface area contributed by atoms with Gasteiger partial charge in [-0.1, -0.05) is 31.4 Å². The summed E-state index contributed by atoms with van der Waals surface area (Å²) in [5.41, 5.74) is 2.30. The van der Waals surface area contributed by atoms with Crippen LogP contribution in [-0.2, 0) is 4.74 Å². The third kappa shape index (κ3) is 4.06. The Morgan fingerprint density at radius 1 is 1.47 bits per heavy atom. The molecule has 0 saturated carbocycles. The Labute approximate surface area is 117 Å². The van der Waals surface area contributed by atoms with Gasteiger partial charge in [0.05, 0.1) is 11.4 Å². The van der Waals surface area contributed by atoms with Gasteiger partial charge in [-0.15, -0.1) is 0 Å². The van der Waals surface area contributed by atoms with Gasteiger partial charge in [0.1, 0.15) is 6.10 Å². The molecule has 1 atom stereocenters. The topological polar surface area (TPSA) is 51.2 Å². The van der Waals surface area contributed by atoms with Crippen LogP contribution in [0.1, 0.15) is 17.5 Å². The van der Waals surface area contributed by atoms with Crippen LogP contribution in [0.4, 0.5) is 10.5 Å². The number of aryl methyl sites for hydroxylation is 2. The Morgan fingerprint density at radius 2 is 2.16 bits per heavy atom. The minimum atomic E-state index is -0.504. The van der Waals surface area contributed by atoms with Crippen LogP contribution in [0.15, 0.2) is 37.0 Å². The summed E-state index contributed by atoms with van der Waals surface area (Å²) in [6.45, 7) is 12.8. The van der Waals surface area contributed by atoms with Gasteiger partial charge >= 0.3 is 6.09 Å². The number of amides is 1. The van der Waals surface area contributed by atoms with Crippen molar-refractivity contribution < 1.29 is 9.53 Å². The number of nitrogens with zero attached hydrogens (tertiary/aromatic N) is 1. The minimum absolute atomic E-state index is 0.386. The molecule has 0 radical (unpaired) electrons. The Kier molecular flexibility index (Phi) is 5.51. The van der Waals surface area contributed by atoms with Gasteiger partial charge in [0, 0.05) is 4.88 Å². The lowest BCUT2D eigenvalue weighted by Gasteiger charge is -2.14. The van der Waals surface area contributed by atoms with E-state index in [9.17, 15) is 4.79 Å². The molecule has 0 bridgehead atoms. The fraction of sp³-hybridized carbons (Fsp3) is 0.286. The average molecular weight is 278 g/mol. The quantitative estimate of drug-likeness (QED) is 0.828. The number of ether oxygens (including phenoxy) is 1. The molecule has 0 unspecified atom stereocenters. The van der Waals surface area contributed by atoms with Crippen molar-refractivity contribution in [2.45, 2.75) is 26.9 Å². The average Bonchev–Trinajstić information content (AvgIpc) is 2.67. The fourth-order valence-corrected chi connectivity index (χ4v) is 2.18. The van der Waals surface area contributed by atoms with Crippen LogP contribution in [0.3, 0.4) is 0 Å². The smallest absolute Gasteiger partial charge is 0.412 e. The summed E-state index contributed by atoms with van der Waals surface area (Å²) >= 11 is 1.35. The number of carbonyl (C=O) groups is 1. The van der Waals surface area contributed by atoms with E-state index in [2.05, 4.69) is 22.8 Å². The van der Waals surface area contributed by atoms with Crippen molar-refractivity contribution in [3.8, 4) is 0 Å². The first-order chi connectivity index (χ1) is 8.99. The van der Waals surface area contributed by atoms with Gasteiger partial charge in [-0.05, 0) is 37.9 Å². The standard InChI is InChI=1S/C14H18N2O2S/c1-6-8-12(7-2)10(4)18-14(17)15-13-9(3)16-19-11(13)5/h6-8,10H,1-2H2,3-5H3,(H,15,17)/b12-8+/t10-/m1/s1. The van der Waals surface area contributed by atoms with Crippen molar-refractivity contribution in [3.63, 3.8) is 0 Å². The number of aromatic nitrogens is 1. The normalized spacial score (nSPS) is 12.7. The van der Waals surface area contributed by atoms with Gasteiger partial charge in [-0.25, -0.2) is 4.79 Å². The molecule has 1 rings (SSSR count). The van der Waals surface area contributed by atoms with Crippen LogP contribution >= 0.6 is 11.5 Å². The van der Waals surface area contributed by atoms with E-state index in [0.29, 0.717) is 0 Å². The molecule has 0 aliphatic carbocycles. The van der Waals surface area contributed by atoms with E-state index in [0.717, 1.165) is 21.8 Å². The number of hydrogen-bond donors (Lipinski definition) is 1. The zero-order chi connectivity index (χ0) is 14.4. The van der Waals surface area contributed by atoms with Crippen molar-refractivity contribution in [1.82, 2.24) is 4.37 Å². The van der Waals surface area contributed by atoms with E-state index < -0.39 is 6.09 Å². The number of nitrogens with one attached hydrogen (secondary N) is 1. The molecular formula is C14H18N2O2S. The van der Waals surface area contributed by atoms with Crippen LogP contribution in [0.2, 0.25) is 0 Å². The van der Waals surface area contributed by atoms with Gasteiger partial charge in [0.25, 0.3) is 0 Å². The van der Waals surface area contributed by atoms with E-state index in [-0.39, 0.29) is 6.10 Å². The maximum atomic E-state index is 11.8. The molecular weight excluding hydrogens is 260 g/mol. The van der Waals surface area contributed by atoms with Crippen LogP contribution in [-0.4, -0.2) is 16.6 Å². The highest BCUT2D eigenvalue weighted by molar-refractivity contribution is 7.06. The van der Waals surface area contributed by atoms with Crippen LogP contribution in [0.5, 0.6) is 0 Å². The van der Waals surface area contributed by atoms with Gasteiger partial charge in [0.15, 0.2) is 0 Å². The molecule has 4 nitrogen and oxygen atoms in total. The second-order valence-corrected chi connectivity index (χ2v) is 4.96. The summed E-state index contributed by atoms with van der Waals surface area (Å²) in [5.74, 6) is 0. The third-order valence-corrected chi connectivity index (χ3v) is 3.40. The van der Waals surface area contributed by atoms with Crippen molar-refractivity contribution in [2.75, 3.05) is 5.32 Å². The van der Waals surface area contributed by atoms with E-state index >= 15 is 0 Å². The first kappa shape index (κ1) is 15.2. The molecule has 102 valence electrons. The zero-order valence-corrected chi connectivity index (χ0v) is 12.2. The van der Waals surface area contributed by atoms with Crippen LogP contribution in [0.25, 0.3) is 0 Å². The van der Waals surface area contributed by atoms with E-state index in [1.807, 2.05) is 13.8 Å². The van der Waals surface area contributed by atoms with E-state index in [1.54, 1.807) is 25.2 Å². The Hall–Kier alpha value is -1.88. The number of rotatable bonds is 5. The summed E-state index contributed by atoms with van der Waals surface area (Å²) in [6.07, 6.45) is 4.14. The van der Waals surface area contributed by atoms with Crippen molar-refractivity contribution >= 4 is 23.3 Å². The van der Waals surface area contributed by atoms with Crippen LogP contribution < -0.4 is 5.32 Å². The number of allylic oxidation sites excluding steroid dienone is 2. The summed E-state index contributed by atoms with van der Waals surface area (Å²) < 4.78 is 9.44. The van der Waals surface area contributed by atoms with Crippen molar-refractivity contribution in [1.29, 1.82) is 0 Å². The lowest BCUT2D eigenvalue weighted by molar-refractivity contribution is 0.138. The molecule has 0 aliphatic rings. The maximum absolute atomic E-state index is 11.8. The van der Waals surface area contributed by atoms with Gasteiger partial charge in [-0.2, -0.15) is 4.37 Å². The molecule has 0 spiro atoms. The SMILES string of the molecule is C=C/C=C(\C=C)[C@@H](C)OC(=O)Nc1c(C)nsc1C. The number of anilines is 1. The predicted molar refractivity (Wildman–Crippen MR) is 79.6 cm³/mol. The predicted octanol–water partition coefficient (Wildman–Crippen LogP) is 4.00. The first-order valence-electron chi connectivity index (χ1n) is 5.85. The molecule has 1 amide bonds. The Bertz CT molecular complexity index is 498. The molecule has 0 fully saturated rings. The molecule has 0 aromatic carbocycles. The summed E-state index contributed by atoms with van der Waals surface area (Å²) in [4.78, 5) is 12.8. The van der Waals surface area contributed by atoms with Gasteiger partial charge in [-0.3, -0.25) is 5.32 Å². The number of carbonyl (C=O) groups excluding carboxylic acids is 1. The Morgan fingerprint density at radius 3 is 2.63 bits per heavy atom. The summed E-state index contributed by atoms with van der Waals surface area (Å²) in [5, 5.41) is 2.71. The second kappa shape index (κ2) is 6.89.